The molecule has 0 aromatic heterocycles. The molecule has 3 nitrogen and oxygen atoms in total. The number of hydrogen-bond acceptors (Lipinski definition) is 3. The van der Waals surface area contributed by atoms with Gasteiger partial charge in [0.15, 0.2) is 5.78 Å². The van der Waals surface area contributed by atoms with Gasteiger partial charge in [-0.3, -0.25) is 9.59 Å². The van der Waals surface area contributed by atoms with Crippen molar-refractivity contribution in [3.05, 3.63) is 36.0 Å². The van der Waals surface area contributed by atoms with Crippen molar-refractivity contribution < 1.29 is 14.3 Å². The Bertz CT molecular complexity index is 444. The van der Waals surface area contributed by atoms with Crippen molar-refractivity contribution in [1.82, 2.24) is 0 Å². The monoisotopic (exact) mass is 304 g/mol. The molecule has 22 heavy (non-hydrogen) atoms. The van der Waals surface area contributed by atoms with E-state index < -0.39 is 0 Å². The molecule has 0 amide bonds. The Morgan fingerprint density at radius 2 is 1.95 bits per heavy atom. The lowest BCUT2D eigenvalue weighted by molar-refractivity contribution is -0.140. The lowest BCUT2D eigenvalue weighted by Gasteiger charge is -2.09. The van der Waals surface area contributed by atoms with Crippen molar-refractivity contribution in [2.75, 3.05) is 7.11 Å². The van der Waals surface area contributed by atoms with E-state index in [2.05, 4.69) is 17.7 Å². The van der Waals surface area contributed by atoms with Crippen LogP contribution in [0.15, 0.2) is 36.0 Å². The summed E-state index contributed by atoms with van der Waals surface area (Å²) in [5.74, 6) is 0.317. The lowest BCUT2D eigenvalue weighted by atomic mass is 9.94. The van der Waals surface area contributed by atoms with Gasteiger partial charge >= 0.3 is 5.97 Å². The van der Waals surface area contributed by atoms with Crippen LogP contribution >= 0.6 is 0 Å². The Morgan fingerprint density at radius 1 is 1.23 bits per heavy atom. The third kappa shape index (κ3) is 6.88. The van der Waals surface area contributed by atoms with E-state index in [9.17, 15) is 9.59 Å². The molecular weight excluding hydrogens is 276 g/mol. The standard InChI is InChI=1S/C19H28O3/c1-3-4-8-12-17-16(14-15-18(17)20)11-9-6-5-7-10-13-19(21)22-2/h4,8,12,14-16H,3,5-7,9-11,13H2,1-2H3/b8-4-,17-12-/t16-/m0/s1. The van der Waals surface area contributed by atoms with Gasteiger partial charge in [-0.25, -0.2) is 0 Å². The van der Waals surface area contributed by atoms with E-state index in [1.807, 2.05) is 18.2 Å². The first-order chi connectivity index (χ1) is 10.7. The molecule has 0 radical (unpaired) electrons. The van der Waals surface area contributed by atoms with Crippen molar-refractivity contribution >= 4 is 11.8 Å². The number of allylic oxidation sites excluding steroid dienone is 6. The number of ether oxygens (including phenoxy) is 1. The lowest BCUT2D eigenvalue weighted by Crippen LogP contribution is -2.02. The number of methoxy groups -OCH3 is 1. The molecule has 0 heterocycles. The Morgan fingerprint density at radius 3 is 2.68 bits per heavy atom. The van der Waals surface area contributed by atoms with E-state index in [4.69, 9.17) is 0 Å². The molecule has 1 rings (SSSR count). The molecule has 122 valence electrons. The topological polar surface area (TPSA) is 43.4 Å². The van der Waals surface area contributed by atoms with Gasteiger partial charge in [-0.05, 0) is 25.3 Å². The summed E-state index contributed by atoms with van der Waals surface area (Å²) in [5, 5.41) is 0. The minimum atomic E-state index is -0.121. The van der Waals surface area contributed by atoms with Crippen molar-refractivity contribution in [1.29, 1.82) is 0 Å². The highest BCUT2D eigenvalue weighted by molar-refractivity contribution is 6.07. The second kappa shape index (κ2) is 11.0. The molecule has 0 unspecified atom stereocenters. The SMILES string of the molecule is CC/C=C\C=C1/C(=O)C=C[C@@H]1CCCCCCCC(=O)OC. The van der Waals surface area contributed by atoms with Gasteiger partial charge in [0.1, 0.15) is 0 Å². The predicted octanol–water partition coefficient (Wildman–Crippen LogP) is 4.54. The molecule has 1 atom stereocenters. The van der Waals surface area contributed by atoms with Crippen molar-refractivity contribution in [3.8, 4) is 0 Å². The third-order valence-corrected chi connectivity index (χ3v) is 3.94. The molecule has 0 aromatic rings. The van der Waals surface area contributed by atoms with Crippen LogP contribution in [0, 0.1) is 5.92 Å². The molecule has 0 N–H and O–H groups in total. The highest BCUT2D eigenvalue weighted by Crippen LogP contribution is 2.27. The van der Waals surface area contributed by atoms with Crippen molar-refractivity contribution in [3.63, 3.8) is 0 Å². The number of ketones is 1. The van der Waals surface area contributed by atoms with Crippen LogP contribution in [0.3, 0.4) is 0 Å². The fraction of sp³-hybridized carbons (Fsp3) is 0.579. The van der Waals surface area contributed by atoms with Gasteiger partial charge in [0.2, 0.25) is 0 Å². The predicted molar refractivity (Wildman–Crippen MR) is 89.5 cm³/mol. The van der Waals surface area contributed by atoms with E-state index in [0.717, 1.165) is 50.5 Å². The molecule has 0 bridgehead atoms. The Kier molecular flexibility index (Phi) is 9.20. The van der Waals surface area contributed by atoms with Gasteiger partial charge in [-0.1, -0.05) is 56.9 Å². The highest BCUT2D eigenvalue weighted by atomic mass is 16.5. The summed E-state index contributed by atoms with van der Waals surface area (Å²) in [6, 6.07) is 0. The van der Waals surface area contributed by atoms with Gasteiger partial charge < -0.3 is 4.74 Å². The zero-order chi connectivity index (χ0) is 16.2. The summed E-state index contributed by atoms with van der Waals surface area (Å²) in [4.78, 5) is 22.8. The van der Waals surface area contributed by atoms with Crippen molar-refractivity contribution in [2.45, 2.75) is 58.3 Å². The second-order valence-electron chi connectivity index (χ2n) is 5.67. The maximum atomic E-state index is 11.8. The molecule has 0 aromatic carbocycles. The first-order valence-corrected chi connectivity index (χ1v) is 8.35. The smallest absolute Gasteiger partial charge is 0.305 e. The van der Waals surface area contributed by atoms with Crippen molar-refractivity contribution in [2.24, 2.45) is 5.92 Å². The van der Waals surface area contributed by atoms with E-state index in [1.165, 1.54) is 7.11 Å². The molecule has 0 saturated heterocycles. The number of rotatable bonds is 10. The summed E-state index contributed by atoms with van der Waals surface area (Å²) >= 11 is 0. The van der Waals surface area contributed by atoms with Crippen LogP contribution in [-0.2, 0) is 14.3 Å². The van der Waals surface area contributed by atoms with Gasteiger partial charge in [0.25, 0.3) is 0 Å². The van der Waals surface area contributed by atoms with Crippen LogP contribution in [0.25, 0.3) is 0 Å². The molecule has 0 fully saturated rings. The van der Waals surface area contributed by atoms with Crippen LogP contribution in [0.4, 0.5) is 0 Å². The zero-order valence-electron chi connectivity index (χ0n) is 13.8. The Labute approximate surface area is 134 Å². The summed E-state index contributed by atoms with van der Waals surface area (Å²) in [5.41, 5.74) is 0.926. The number of carbonyl (C=O) groups excluding carboxylic acids is 2. The molecule has 0 saturated carbocycles. The quantitative estimate of drug-likeness (QED) is 0.338. The Balaban J connectivity index is 2.19. The second-order valence-corrected chi connectivity index (χ2v) is 5.67. The molecule has 0 spiro atoms. The van der Waals surface area contributed by atoms with Crippen LogP contribution in [-0.4, -0.2) is 18.9 Å². The molecule has 0 aliphatic heterocycles. The van der Waals surface area contributed by atoms with Crippen LogP contribution < -0.4 is 0 Å². The average molecular weight is 304 g/mol. The zero-order valence-corrected chi connectivity index (χ0v) is 13.8. The molecule has 3 heteroatoms. The van der Waals surface area contributed by atoms with E-state index in [0.29, 0.717) is 6.42 Å². The minimum Gasteiger partial charge on any atom is -0.469 e. The first kappa shape index (κ1) is 18.4. The fourth-order valence-corrected chi connectivity index (χ4v) is 2.62. The summed E-state index contributed by atoms with van der Waals surface area (Å²) < 4.78 is 4.62. The van der Waals surface area contributed by atoms with E-state index in [-0.39, 0.29) is 17.7 Å². The summed E-state index contributed by atoms with van der Waals surface area (Å²) in [6.07, 6.45) is 17.7. The van der Waals surface area contributed by atoms with Crippen LogP contribution in [0.2, 0.25) is 0 Å². The van der Waals surface area contributed by atoms with Gasteiger partial charge in [-0.2, -0.15) is 0 Å². The van der Waals surface area contributed by atoms with Crippen LogP contribution in [0.1, 0.15) is 58.3 Å². The van der Waals surface area contributed by atoms with Crippen LogP contribution in [0.5, 0.6) is 0 Å². The van der Waals surface area contributed by atoms with Gasteiger partial charge in [0.05, 0.1) is 7.11 Å². The first-order valence-electron chi connectivity index (χ1n) is 8.35. The number of esters is 1. The molecule has 1 aliphatic carbocycles. The van der Waals surface area contributed by atoms with Gasteiger partial charge in [-0.15, -0.1) is 0 Å². The summed E-state index contributed by atoms with van der Waals surface area (Å²) in [6.45, 7) is 2.08. The maximum Gasteiger partial charge on any atom is 0.305 e. The normalized spacial score (nSPS) is 19.5. The minimum absolute atomic E-state index is 0.121. The number of carbonyl (C=O) groups is 2. The van der Waals surface area contributed by atoms with Gasteiger partial charge in [0, 0.05) is 17.9 Å². The maximum absolute atomic E-state index is 11.8. The average Bonchev–Trinajstić information content (AvgIpc) is 2.87. The van der Waals surface area contributed by atoms with E-state index >= 15 is 0 Å². The highest BCUT2D eigenvalue weighted by Gasteiger charge is 2.21. The summed E-state index contributed by atoms with van der Waals surface area (Å²) in [7, 11) is 1.43. The molecular formula is C19H28O3. The largest absolute Gasteiger partial charge is 0.469 e. The Hall–Kier alpha value is -1.64. The number of unbranched alkanes of at least 4 members (excludes halogenated alkanes) is 4. The third-order valence-electron chi connectivity index (χ3n) is 3.94. The van der Waals surface area contributed by atoms with E-state index in [1.54, 1.807) is 6.08 Å². The molecule has 1 aliphatic rings. The fourth-order valence-electron chi connectivity index (χ4n) is 2.62. The number of hydrogen-bond donors (Lipinski definition) is 0.